The summed E-state index contributed by atoms with van der Waals surface area (Å²) in [4.78, 5) is 120. The van der Waals surface area contributed by atoms with Crippen molar-refractivity contribution in [2.24, 2.45) is 5.92 Å². The van der Waals surface area contributed by atoms with E-state index in [0.717, 1.165) is 37.8 Å². The van der Waals surface area contributed by atoms with Crippen LogP contribution in [0.4, 0.5) is 8.78 Å². The number of hydrogen-bond acceptors (Lipinski definition) is 14. The molecule has 0 aliphatic heterocycles. The second kappa shape index (κ2) is 23.6. The first-order valence-electron chi connectivity index (χ1n) is 18.8. The number of carbonyl (C=O) groups excluding carboxylic acids is 7. The van der Waals surface area contributed by atoms with Crippen LogP contribution in [-0.2, 0) is 47.8 Å². The summed E-state index contributed by atoms with van der Waals surface area (Å²) in [5.41, 5.74) is 0.484. The molecule has 1 heterocycles. The van der Waals surface area contributed by atoms with E-state index in [-0.39, 0.29) is 5.69 Å². The van der Waals surface area contributed by atoms with Crippen LogP contribution in [0, 0.1) is 17.6 Å². The molecule has 7 N–H and O–H groups in total. The zero-order chi connectivity index (χ0) is 46.1. The van der Waals surface area contributed by atoms with E-state index in [0.29, 0.717) is 5.52 Å². The lowest BCUT2D eigenvalue weighted by molar-refractivity contribution is -0.145. The molecule has 0 aliphatic carbocycles. The van der Waals surface area contributed by atoms with Crippen LogP contribution >= 0.6 is 0 Å². The quantitative estimate of drug-likeness (QED) is 0.0600. The Hall–Kier alpha value is -7.10. The fourth-order valence-corrected chi connectivity index (χ4v) is 5.62. The predicted octanol–water partition coefficient (Wildman–Crippen LogP) is 0.404. The Kier molecular flexibility index (Phi) is 18.8. The van der Waals surface area contributed by atoms with Gasteiger partial charge in [-0.25, -0.2) is 18.6 Å². The minimum Gasteiger partial charge on any atom is -0.481 e. The summed E-state index contributed by atoms with van der Waals surface area (Å²) in [6.07, 6.45) is -2.91. The van der Waals surface area contributed by atoms with Crippen LogP contribution in [0.15, 0.2) is 54.6 Å². The van der Waals surface area contributed by atoms with E-state index in [9.17, 15) is 62.1 Å². The number of carboxylic acids is 2. The normalized spacial score (nSPS) is 13.3. The van der Waals surface area contributed by atoms with Crippen molar-refractivity contribution in [1.82, 2.24) is 31.6 Å². The van der Waals surface area contributed by atoms with Crippen molar-refractivity contribution in [1.29, 1.82) is 0 Å². The van der Waals surface area contributed by atoms with Crippen LogP contribution in [0.25, 0.3) is 10.9 Å². The van der Waals surface area contributed by atoms with Crippen LogP contribution in [0.5, 0.6) is 5.75 Å². The number of para-hydroxylation sites is 2. The van der Waals surface area contributed by atoms with Gasteiger partial charge >= 0.3 is 23.9 Å². The number of carboxylic acid groups (broad SMARTS) is 2. The number of halogens is 2. The molecule has 1 aromatic heterocycles. The van der Waals surface area contributed by atoms with Gasteiger partial charge in [-0.15, -0.1) is 0 Å². The van der Waals surface area contributed by atoms with E-state index in [4.69, 9.17) is 4.74 Å². The van der Waals surface area contributed by atoms with E-state index in [2.05, 4.69) is 41.0 Å². The molecule has 0 aliphatic rings. The second-order valence-electron chi connectivity index (χ2n) is 13.9. The van der Waals surface area contributed by atoms with Crippen LogP contribution in [-0.4, -0.2) is 126 Å². The highest BCUT2D eigenvalue weighted by Gasteiger charge is 2.35. The number of ketones is 1. The third kappa shape index (κ3) is 14.9. The van der Waals surface area contributed by atoms with E-state index in [1.54, 1.807) is 44.2 Å². The van der Waals surface area contributed by atoms with Gasteiger partial charge < -0.3 is 51.0 Å². The molecular weight excluding hydrogens is 826 g/mol. The van der Waals surface area contributed by atoms with Gasteiger partial charge in [-0.05, 0) is 36.6 Å². The Bertz CT molecular complexity index is 2130. The summed E-state index contributed by atoms with van der Waals surface area (Å²) >= 11 is 0. The average molecular weight is 873 g/mol. The highest BCUT2D eigenvalue weighted by molar-refractivity contribution is 6.00. The summed E-state index contributed by atoms with van der Waals surface area (Å²) < 4.78 is 42.3. The van der Waals surface area contributed by atoms with Crippen LogP contribution in [0.3, 0.4) is 0 Å². The number of fused-ring (bicyclic) bond motifs is 1. The van der Waals surface area contributed by atoms with Gasteiger partial charge in [0.15, 0.2) is 23.2 Å². The Morgan fingerprint density at radius 2 is 1.27 bits per heavy atom. The van der Waals surface area contributed by atoms with Crippen molar-refractivity contribution in [3.8, 4) is 5.75 Å². The molecule has 0 spiro atoms. The van der Waals surface area contributed by atoms with Gasteiger partial charge in [0, 0.05) is 18.4 Å². The number of rotatable bonds is 24. The molecule has 4 amide bonds. The van der Waals surface area contributed by atoms with Crippen molar-refractivity contribution >= 4 is 64.2 Å². The smallest absolute Gasteiger partial charge is 0.327 e. The Morgan fingerprint density at radius 1 is 0.694 bits per heavy atom. The Morgan fingerprint density at radius 3 is 1.87 bits per heavy atom. The van der Waals surface area contributed by atoms with Gasteiger partial charge in [-0.3, -0.25) is 38.4 Å². The SMILES string of the molecule is COC(=O)CC(NC[C@H](NC(=O)[C@H](CCC(=O)O)NC(=O)[C@H](CC(=O)OC)NC(=O)[C@@H](NC(=O)c1ccc2ccccc2n1)C(C)C)C(=O)O)C(=O)COc1c(F)cccc1F. The van der Waals surface area contributed by atoms with Gasteiger partial charge in [-0.2, -0.15) is 0 Å². The molecule has 1 unspecified atom stereocenters. The number of methoxy groups -OCH3 is 2. The van der Waals surface area contributed by atoms with E-state index < -0.39 is 146 Å². The van der Waals surface area contributed by atoms with E-state index in [1.165, 1.54) is 6.07 Å². The zero-order valence-electron chi connectivity index (χ0n) is 33.9. The molecule has 3 rings (SSSR count). The number of pyridine rings is 1. The van der Waals surface area contributed by atoms with Gasteiger partial charge in [-0.1, -0.05) is 44.2 Å². The van der Waals surface area contributed by atoms with Gasteiger partial charge in [0.1, 0.15) is 36.5 Å². The monoisotopic (exact) mass is 872 g/mol. The lowest BCUT2D eigenvalue weighted by atomic mass is 10.0. The summed E-state index contributed by atoms with van der Waals surface area (Å²) in [6.45, 7) is 1.39. The van der Waals surface area contributed by atoms with Crippen molar-refractivity contribution in [2.75, 3.05) is 27.4 Å². The number of esters is 2. The summed E-state index contributed by atoms with van der Waals surface area (Å²) in [7, 11) is 1.99. The Balaban J connectivity index is 1.78. The van der Waals surface area contributed by atoms with Crippen molar-refractivity contribution in [3.63, 3.8) is 0 Å². The molecule has 5 atom stereocenters. The van der Waals surface area contributed by atoms with E-state index in [1.807, 2.05) is 0 Å². The maximum absolute atomic E-state index is 14.1. The Labute approximate surface area is 352 Å². The molecule has 334 valence electrons. The minimum absolute atomic E-state index is 0.0239. The third-order valence-electron chi connectivity index (χ3n) is 9.03. The first-order valence-corrected chi connectivity index (χ1v) is 18.8. The van der Waals surface area contributed by atoms with E-state index >= 15 is 0 Å². The highest BCUT2D eigenvalue weighted by atomic mass is 19.1. The first kappa shape index (κ1) is 49.3. The minimum atomic E-state index is -1.93. The van der Waals surface area contributed by atoms with Gasteiger partial charge in [0.05, 0.1) is 38.6 Å². The first-order chi connectivity index (χ1) is 29.3. The molecule has 2 aromatic carbocycles. The second-order valence-corrected chi connectivity index (χ2v) is 13.9. The molecule has 0 saturated heterocycles. The number of carbonyl (C=O) groups is 9. The van der Waals surface area contributed by atoms with Crippen LogP contribution < -0.4 is 31.3 Å². The standard InChI is InChI=1S/C40H46F2N6O14/c1-20(2)34(48-37(55)25-13-12-21-8-5-6-11-24(21)44-25)39(57)46-28(17-33(53)61-4)38(56)45-26(14-15-31(50)51)36(54)47-29(40(58)59)18-43-27(16-32(52)60-3)30(49)19-62-35-22(41)9-7-10-23(35)42/h5-13,20,26-29,34,43H,14-19H2,1-4H3,(H,45,56)(H,46,57)(H,47,54)(H,48,55)(H,50,51)(H,58,59)/t26-,27?,28-,29-,34-/m0/s1. The lowest BCUT2D eigenvalue weighted by Crippen LogP contribution is -2.59. The number of benzene rings is 2. The van der Waals surface area contributed by atoms with Crippen molar-refractivity contribution < 1.29 is 76.4 Å². The molecule has 0 fully saturated rings. The summed E-state index contributed by atoms with van der Waals surface area (Å²) in [6, 6.07) is 4.46. The number of nitrogens with one attached hydrogen (secondary N) is 5. The van der Waals surface area contributed by atoms with Crippen molar-refractivity contribution in [2.45, 2.75) is 69.7 Å². The molecule has 20 nitrogen and oxygen atoms in total. The molecule has 62 heavy (non-hydrogen) atoms. The van der Waals surface area contributed by atoms with Crippen molar-refractivity contribution in [3.05, 3.63) is 71.9 Å². The molecule has 22 heteroatoms. The number of aromatic nitrogens is 1. The largest absolute Gasteiger partial charge is 0.481 e. The van der Waals surface area contributed by atoms with Crippen LogP contribution in [0.2, 0.25) is 0 Å². The summed E-state index contributed by atoms with van der Waals surface area (Å²) in [5.74, 6) is -14.0. The predicted molar refractivity (Wildman–Crippen MR) is 210 cm³/mol. The summed E-state index contributed by atoms with van der Waals surface area (Å²) in [5, 5.41) is 31.7. The maximum Gasteiger partial charge on any atom is 0.327 e. The third-order valence-corrected chi connectivity index (χ3v) is 9.03. The molecule has 0 saturated carbocycles. The number of aliphatic carboxylic acids is 2. The molecular formula is C40H46F2N6O14. The number of amides is 4. The fourth-order valence-electron chi connectivity index (χ4n) is 5.62. The van der Waals surface area contributed by atoms with Crippen LogP contribution in [0.1, 0.15) is 50.0 Å². The zero-order valence-corrected chi connectivity index (χ0v) is 33.9. The average Bonchev–Trinajstić information content (AvgIpc) is 3.23. The number of ether oxygens (including phenoxy) is 3. The molecule has 0 bridgehead atoms. The number of Topliss-reactive ketones (excluding diaryl/α,β-unsaturated/α-hetero) is 1. The van der Waals surface area contributed by atoms with Gasteiger partial charge in [0.2, 0.25) is 17.7 Å². The number of nitrogens with zero attached hydrogens (tertiary/aromatic N) is 1. The highest BCUT2D eigenvalue weighted by Crippen LogP contribution is 2.21. The number of hydrogen-bond donors (Lipinski definition) is 7. The molecule has 3 aromatic rings. The maximum atomic E-state index is 14.1. The fraction of sp³-hybridized carbons (Fsp3) is 0.400. The van der Waals surface area contributed by atoms with Gasteiger partial charge in [0.25, 0.3) is 5.91 Å². The lowest BCUT2D eigenvalue weighted by Gasteiger charge is -2.27. The topological polar surface area (TPSA) is 295 Å². The molecule has 0 radical (unpaired) electrons.